The van der Waals surface area contributed by atoms with Gasteiger partial charge in [0.2, 0.25) is 0 Å². The fraction of sp³-hybridized carbons (Fsp3) is 0.125. The Hall–Kier alpha value is -2.80. The standard InChI is InChI=1S/C16H14N2O2/c1-12-7-8-13(10-17)9-15(12)20-11-16(19)18-14-5-3-2-4-6-14/h2-9H,11H2,1H3,(H,18,19). The van der Waals surface area contributed by atoms with Crippen molar-refractivity contribution < 1.29 is 9.53 Å². The van der Waals surface area contributed by atoms with E-state index in [0.717, 1.165) is 11.3 Å². The van der Waals surface area contributed by atoms with Crippen molar-refractivity contribution in [3.8, 4) is 11.8 Å². The van der Waals surface area contributed by atoms with Gasteiger partial charge >= 0.3 is 0 Å². The summed E-state index contributed by atoms with van der Waals surface area (Å²) in [5, 5.41) is 11.6. The molecule has 0 saturated carbocycles. The van der Waals surface area contributed by atoms with Crippen LogP contribution in [0.4, 0.5) is 5.69 Å². The first-order valence-electron chi connectivity index (χ1n) is 6.17. The third kappa shape index (κ3) is 3.59. The van der Waals surface area contributed by atoms with Crippen molar-refractivity contribution >= 4 is 11.6 Å². The van der Waals surface area contributed by atoms with E-state index in [0.29, 0.717) is 11.3 Å². The number of nitrogens with zero attached hydrogens (tertiary/aromatic N) is 1. The minimum absolute atomic E-state index is 0.0926. The van der Waals surface area contributed by atoms with Gasteiger partial charge in [0, 0.05) is 5.69 Å². The van der Waals surface area contributed by atoms with Gasteiger partial charge in [-0.2, -0.15) is 5.26 Å². The smallest absolute Gasteiger partial charge is 0.262 e. The van der Waals surface area contributed by atoms with Crippen molar-refractivity contribution in [3.05, 3.63) is 59.7 Å². The average Bonchev–Trinajstić information content (AvgIpc) is 2.47. The topological polar surface area (TPSA) is 62.1 Å². The molecule has 4 heteroatoms. The molecule has 0 spiro atoms. The average molecular weight is 266 g/mol. The Morgan fingerprint density at radius 2 is 2.00 bits per heavy atom. The van der Waals surface area contributed by atoms with Crippen LogP contribution >= 0.6 is 0 Å². The molecule has 2 aromatic rings. The van der Waals surface area contributed by atoms with Crippen LogP contribution in [-0.2, 0) is 4.79 Å². The number of benzene rings is 2. The lowest BCUT2D eigenvalue weighted by Crippen LogP contribution is -2.20. The number of carbonyl (C=O) groups is 1. The van der Waals surface area contributed by atoms with Crippen LogP contribution in [0.1, 0.15) is 11.1 Å². The first kappa shape index (κ1) is 13.6. The van der Waals surface area contributed by atoms with Crippen molar-refractivity contribution in [3.63, 3.8) is 0 Å². The van der Waals surface area contributed by atoms with Gasteiger partial charge in [0.05, 0.1) is 11.6 Å². The summed E-state index contributed by atoms with van der Waals surface area (Å²) in [7, 11) is 0. The molecular weight excluding hydrogens is 252 g/mol. The number of aryl methyl sites for hydroxylation is 1. The Labute approximate surface area is 117 Å². The van der Waals surface area contributed by atoms with Crippen molar-refractivity contribution in [2.24, 2.45) is 0 Å². The molecular formula is C16H14N2O2. The Morgan fingerprint density at radius 1 is 1.25 bits per heavy atom. The summed E-state index contributed by atoms with van der Waals surface area (Å²) in [6.45, 7) is 1.77. The Balaban J connectivity index is 1.95. The molecule has 0 aliphatic heterocycles. The van der Waals surface area contributed by atoms with Gasteiger partial charge in [0.15, 0.2) is 6.61 Å². The zero-order valence-corrected chi connectivity index (χ0v) is 11.1. The second-order valence-electron chi connectivity index (χ2n) is 4.29. The second-order valence-corrected chi connectivity index (χ2v) is 4.29. The Bertz CT molecular complexity index is 645. The molecule has 4 nitrogen and oxygen atoms in total. The van der Waals surface area contributed by atoms with E-state index in [1.807, 2.05) is 31.2 Å². The van der Waals surface area contributed by atoms with E-state index in [1.165, 1.54) is 0 Å². The maximum atomic E-state index is 11.8. The highest BCUT2D eigenvalue weighted by Gasteiger charge is 2.06. The van der Waals surface area contributed by atoms with E-state index in [1.54, 1.807) is 30.3 Å². The lowest BCUT2D eigenvalue weighted by molar-refractivity contribution is -0.118. The quantitative estimate of drug-likeness (QED) is 0.925. The van der Waals surface area contributed by atoms with Crippen molar-refractivity contribution in [2.45, 2.75) is 6.92 Å². The molecule has 0 radical (unpaired) electrons. The molecule has 0 heterocycles. The number of nitrogens with one attached hydrogen (secondary N) is 1. The summed E-state index contributed by atoms with van der Waals surface area (Å²) in [5.41, 5.74) is 2.12. The van der Waals surface area contributed by atoms with E-state index < -0.39 is 0 Å². The van der Waals surface area contributed by atoms with Crippen molar-refractivity contribution in [1.82, 2.24) is 0 Å². The predicted molar refractivity (Wildman–Crippen MR) is 76.5 cm³/mol. The molecule has 100 valence electrons. The monoisotopic (exact) mass is 266 g/mol. The molecule has 0 fully saturated rings. The molecule has 0 saturated heterocycles. The molecule has 2 aromatic carbocycles. The number of anilines is 1. The highest BCUT2D eigenvalue weighted by Crippen LogP contribution is 2.19. The van der Waals surface area contributed by atoms with Gasteiger partial charge in [-0.1, -0.05) is 24.3 Å². The van der Waals surface area contributed by atoms with E-state index >= 15 is 0 Å². The van der Waals surface area contributed by atoms with Crippen molar-refractivity contribution in [2.75, 3.05) is 11.9 Å². The van der Waals surface area contributed by atoms with Crippen LogP contribution in [0, 0.1) is 18.3 Å². The minimum atomic E-state index is -0.238. The van der Waals surface area contributed by atoms with Gasteiger partial charge in [-0.3, -0.25) is 4.79 Å². The van der Waals surface area contributed by atoms with Crippen LogP contribution in [0.15, 0.2) is 48.5 Å². The molecule has 0 bridgehead atoms. The van der Waals surface area contributed by atoms with Gasteiger partial charge in [0.1, 0.15) is 5.75 Å². The highest BCUT2D eigenvalue weighted by molar-refractivity contribution is 5.91. The van der Waals surface area contributed by atoms with E-state index in [4.69, 9.17) is 10.00 Å². The van der Waals surface area contributed by atoms with Crippen molar-refractivity contribution in [1.29, 1.82) is 5.26 Å². The molecule has 0 aliphatic rings. The van der Waals surface area contributed by atoms with Gasteiger partial charge in [-0.15, -0.1) is 0 Å². The summed E-state index contributed by atoms with van der Waals surface area (Å²) in [4.78, 5) is 11.8. The van der Waals surface area contributed by atoms with E-state index in [-0.39, 0.29) is 12.5 Å². The van der Waals surface area contributed by atoms with Gasteiger partial charge in [-0.05, 0) is 36.8 Å². The summed E-state index contributed by atoms with van der Waals surface area (Å²) in [5.74, 6) is 0.310. The molecule has 1 N–H and O–H groups in total. The molecule has 2 rings (SSSR count). The maximum Gasteiger partial charge on any atom is 0.262 e. The molecule has 20 heavy (non-hydrogen) atoms. The van der Waals surface area contributed by atoms with E-state index in [9.17, 15) is 4.79 Å². The molecule has 0 unspecified atom stereocenters. The van der Waals surface area contributed by atoms with Gasteiger partial charge < -0.3 is 10.1 Å². The minimum Gasteiger partial charge on any atom is -0.483 e. The first-order valence-corrected chi connectivity index (χ1v) is 6.17. The number of carbonyl (C=O) groups excluding carboxylic acids is 1. The second kappa shape index (κ2) is 6.39. The van der Waals surface area contributed by atoms with Crippen LogP contribution in [0.5, 0.6) is 5.75 Å². The largest absolute Gasteiger partial charge is 0.483 e. The zero-order valence-electron chi connectivity index (χ0n) is 11.1. The number of nitriles is 1. The molecule has 0 aromatic heterocycles. The zero-order chi connectivity index (χ0) is 14.4. The van der Waals surface area contributed by atoms with Gasteiger partial charge in [0.25, 0.3) is 5.91 Å². The Morgan fingerprint density at radius 3 is 2.70 bits per heavy atom. The Kier molecular flexibility index (Phi) is 4.35. The lowest BCUT2D eigenvalue weighted by Gasteiger charge is -2.09. The summed E-state index contributed by atoms with van der Waals surface area (Å²) < 4.78 is 5.45. The lowest BCUT2D eigenvalue weighted by atomic mass is 10.1. The van der Waals surface area contributed by atoms with Crippen LogP contribution in [-0.4, -0.2) is 12.5 Å². The SMILES string of the molecule is Cc1ccc(C#N)cc1OCC(=O)Nc1ccccc1. The molecule has 0 aliphatic carbocycles. The molecule has 0 atom stereocenters. The van der Waals surface area contributed by atoms with Gasteiger partial charge in [-0.25, -0.2) is 0 Å². The number of para-hydroxylation sites is 1. The number of amides is 1. The summed E-state index contributed by atoms with van der Waals surface area (Å²) in [6, 6.07) is 16.4. The predicted octanol–water partition coefficient (Wildman–Crippen LogP) is 2.88. The van der Waals surface area contributed by atoms with Crippen LogP contribution in [0.2, 0.25) is 0 Å². The highest BCUT2D eigenvalue weighted by atomic mass is 16.5. The maximum absolute atomic E-state index is 11.8. The summed E-state index contributed by atoms with van der Waals surface area (Å²) in [6.07, 6.45) is 0. The number of rotatable bonds is 4. The summed E-state index contributed by atoms with van der Waals surface area (Å²) >= 11 is 0. The number of hydrogen-bond donors (Lipinski definition) is 1. The fourth-order valence-corrected chi connectivity index (χ4v) is 1.69. The molecule has 1 amide bonds. The normalized spacial score (nSPS) is 9.60. The van der Waals surface area contributed by atoms with Crippen LogP contribution in [0.25, 0.3) is 0 Å². The fourth-order valence-electron chi connectivity index (χ4n) is 1.69. The third-order valence-corrected chi connectivity index (χ3v) is 2.73. The van der Waals surface area contributed by atoms with Crippen LogP contribution < -0.4 is 10.1 Å². The first-order chi connectivity index (χ1) is 9.69. The third-order valence-electron chi connectivity index (χ3n) is 2.73. The van der Waals surface area contributed by atoms with E-state index in [2.05, 4.69) is 5.32 Å². The number of hydrogen-bond acceptors (Lipinski definition) is 3. The van der Waals surface area contributed by atoms with Crippen LogP contribution in [0.3, 0.4) is 0 Å². The number of ether oxygens (including phenoxy) is 1.